The van der Waals surface area contributed by atoms with Crippen molar-refractivity contribution >= 4 is 27.1 Å². The number of piperidine rings is 1. The van der Waals surface area contributed by atoms with Crippen molar-refractivity contribution in [2.75, 3.05) is 19.7 Å². The molecule has 0 bridgehead atoms. The van der Waals surface area contributed by atoms with Gasteiger partial charge in [0.2, 0.25) is 0 Å². The highest BCUT2D eigenvalue weighted by Gasteiger charge is 2.31. The minimum Gasteiger partial charge on any atom is -0.448 e. The van der Waals surface area contributed by atoms with Crippen molar-refractivity contribution in [3.8, 4) is 0 Å². The molecule has 46 heavy (non-hydrogen) atoms. The third-order valence-corrected chi connectivity index (χ3v) is 10.3. The maximum absolute atomic E-state index is 13.8. The number of rotatable bonds is 10. The molecule has 10 heteroatoms. The molecule has 1 aliphatic heterocycles. The third-order valence-electron chi connectivity index (χ3n) is 8.64. The highest BCUT2D eigenvalue weighted by molar-refractivity contribution is 7.90. The first-order valence-electron chi connectivity index (χ1n) is 15.6. The summed E-state index contributed by atoms with van der Waals surface area (Å²) in [5.41, 5.74) is 2.66. The molecular formula is C36H38N4O5S. The van der Waals surface area contributed by atoms with Crippen LogP contribution in [0.3, 0.4) is 0 Å². The van der Waals surface area contributed by atoms with Crippen LogP contribution in [0.2, 0.25) is 0 Å². The number of imidazole rings is 1. The number of amides is 1. The summed E-state index contributed by atoms with van der Waals surface area (Å²) in [6, 6.07) is 35.1. The van der Waals surface area contributed by atoms with Crippen LogP contribution in [0.1, 0.15) is 36.9 Å². The first kappa shape index (κ1) is 31.3. The van der Waals surface area contributed by atoms with Crippen molar-refractivity contribution in [1.29, 1.82) is 0 Å². The second-order valence-electron chi connectivity index (χ2n) is 11.7. The number of hydrogen-bond acceptors (Lipinski definition) is 6. The molecule has 1 fully saturated rings. The number of carbonyl (C=O) groups is 1. The lowest BCUT2D eigenvalue weighted by molar-refractivity contribution is 0.0567. The molecule has 0 radical (unpaired) electrons. The Morgan fingerprint density at radius 2 is 1.28 bits per heavy atom. The van der Waals surface area contributed by atoms with Crippen LogP contribution in [0.25, 0.3) is 11.0 Å². The zero-order valence-electron chi connectivity index (χ0n) is 25.8. The predicted octanol–water partition coefficient (Wildman–Crippen LogP) is 5.90. The van der Waals surface area contributed by atoms with Crippen LogP contribution in [-0.2, 0) is 27.8 Å². The van der Waals surface area contributed by atoms with Gasteiger partial charge in [0.05, 0.1) is 15.9 Å². The number of hydrogen-bond donors (Lipinski definition) is 0. The van der Waals surface area contributed by atoms with Gasteiger partial charge >= 0.3 is 11.8 Å². The summed E-state index contributed by atoms with van der Waals surface area (Å²) < 4.78 is 35.4. The van der Waals surface area contributed by atoms with Gasteiger partial charge in [-0.1, -0.05) is 91.0 Å². The fourth-order valence-corrected chi connectivity index (χ4v) is 7.54. The van der Waals surface area contributed by atoms with E-state index in [-0.39, 0.29) is 29.7 Å². The molecule has 1 aliphatic rings. The molecule has 0 unspecified atom stereocenters. The number of benzene rings is 4. The Kier molecular flexibility index (Phi) is 9.37. The van der Waals surface area contributed by atoms with E-state index >= 15 is 0 Å². The Bertz CT molecular complexity index is 1890. The van der Waals surface area contributed by atoms with Crippen LogP contribution in [0.5, 0.6) is 0 Å². The fraction of sp³-hybridized carbons (Fsp3) is 0.278. The van der Waals surface area contributed by atoms with Gasteiger partial charge in [0, 0.05) is 38.3 Å². The number of fused-ring (bicyclic) bond motifs is 1. The van der Waals surface area contributed by atoms with Gasteiger partial charge in [-0.05, 0) is 55.2 Å². The van der Waals surface area contributed by atoms with Gasteiger partial charge in [-0.15, -0.1) is 0 Å². The Morgan fingerprint density at radius 1 is 0.783 bits per heavy atom. The van der Waals surface area contributed by atoms with Crippen LogP contribution < -0.4 is 5.69 Å². The number of likely N-dealkylation sites (tertiary alicyclic amines) is 1. The van der Waals surface area contributed by atoms with Crippen LogP contribution in [0, 0.1) is 0 Å². The van der Waals surface area contributed by atoms with E-state index in [2.05, 4.69) is 36.1 Å². The lowest BCUT2D eigenvalue weighted by Crippen LogP contribution is -2.43. The SMILES string of the molecule is C[C@@H](COC(=O)N1CCC(n2c(=O)n(S(=O)(=O)c3ccccc3)c3ccccc32)CC1)N(Cc1ccccc1)Cc1ccccc1. The molecule has 238 valence electrons. The summed E-state index contributed by atoms with van der Waals surface area (Å²) in [4.78, 5) is 31.0. The lowest BCUT2D eigenvalue weighted by atomic mass is 10.0. The number of nitrogens with zero attached hydrogens (tertiary/aromatic N) is 4. The Balaban J connectivity index is 1.12. The second kappa shape index (κ2) is 13.8. The molecule has 9 nitrogen and oxygen atoms in total. The molecule has 0 saturated carbocycles. The first-order valence-corrected chi connectivity index (χ1v) is 17.0. The molecule has 1 saturated heterocycles. The van der Waals surface area contributed by atoms with Crippen molar-refractivity contribution < 1.29 is 17.9 Å². The zero-order valence-corrected chi connectivity index (χ0v) is 26.6. The monoisotopic (exact) mass is 638 g/mol. The molecule has 0 N–H and O–H groups in total. The van der Waals surface area contributed by atoms with Gasteiger partial charge < -0.3 is 9.64 Å². The predicted molar refractivity (Wildman–Crippen MR) is 178 cm³/mol. The van der Waals surface area contributed by atoms with Crippen molar-refractivity contribution in [2.24, 2.45) is 0 Å². The lowest BCUT2D eigenvalue weighted by Gasteiger charge is -2.33. The van der Waals surface area contributed by atoms with Crippen LogP contribution in [-0.4, -0.2) is 58.6 Å². The number of aromatic nitrogens is 2. The molecule has 5 aromatic rings. The van der Waals surface area contributed by atoms with E-state index in [0.29, 0.717) is 37.0 Å². The molecule has 0 spiro atoms. The highest BCUT2D eigenvalue weighted by Crippen LogP contribution is 2.28. The average molecular weight is 639 g/mol. The Morgan fingerprint density at radius 3 is 1.85 bits per heavy atom. The molecule has 1 atom stereocenters. The van der Waals surface area contributed by atoms with Gasteiger partial charge in [-0.2, -0.15) is 3.97 Å². The summed E-state index contributed by atoms with van der Waals surface area (Å²) in [7, 11) is -4.11. The molecule has 6 rings (SSSR count). The molecule has 1 aromatic heterocycles. The fourth-order valence-electron chi connectivity index (χ4n) is 6.13. The van der Waals surface area contributed by atoms with Crippen molar-refractivity contribution in [3.63, 3.8) is 0 Å². The quantitative estimate of drug-likeness (QED) is 0.189. The summed E-state index contributed by atoms with van der Waals surface area (Å²) in [5.74, 6) is 0. The summed E-state index contributed by atoms with van der Waals surface area (Å²) >= 11 is 0. The average Bonchev–Trinajstić information content (AvgIpc) is 3.40. The van der Waals surface area contributed by atoms with Crippen LogP contribution in [0.15, 0.2) is 125 Å². The van der Waals surface area contributed by atoms with Gasteiger partial charge in [0.1, 0.15) is 6.61 Å². The number of ether oxygens (including phenoxy) is 1. The summed E-state index contributed by atoms with van der Waals surface area (Å²) in [6.45, 7) is 4.55. The van der Waals surface area contributed by atoms with E-state index in [1.54, 1.807) is 51.9 Å². The van der Waals surface area contributed by atoms with Gasteiger partial charge in [-0.3, -0.25) is 9.47 Å². The van der Waals surface area contributed by atoms with E-state index in [9.17, 15) is 18.0 Å². The molecule has 2 heterocycles. The molecule has 1 amide bonds. The normalized spacial score (nSPS) is 14.9. The summed E-state index contributed by atoms with van der Waals surface area (Å²) in [6.07, 6.45) is 0.613. The zero-order chi connectivity index (χ0) is 32.1. The standard InChI is InChI=1S/C36H38N4O5S/c1-28(38(25-29-13-5-2-6-14-29)26-30-15-7-3-8-16-30)27-45-36(42)37-23-21-31(22-24-37)39-33-19-11-12-20-34(33)40(35(39)41)46(43,44)32-17-9-4-10-18-32/h2-20,28,31H,21-27H2,1H3/t28-/m0/s1. The smallest absolute Gasteiger partial charge is 0.409 e. The maximum atomic E-state index is 13.8. The van der Waals surface area contributed by atoms with Crippen LogP contribution in [0.4, 0.5) is 4.79 Å². The largest absolute Gasteiger partial charge is 0.448 e. The second-order valence-corrected chi connectivity index (χ2v) is 13.5. The summed E-state index contributed by atoms with van der Waals surface area (Å²) in [5, 5.41) is 0. The highest BCUT2D eigenvalue weighted by atomic mass is 32.2. The van der Waals surface area contributed by atoms with Crippen molar-refractivity contribution in [3.05, 3.63) is 137 Å². The van der Waals surface area contributed by atoms with Gasteiger partial charge in [0.25, 0.3) is 10.0 Å². The Labute approximate surface area is 269 Å². The van der Waals surface area contributed by atoms with E-state index in [0.717, 1.165) is 17.1 Å². The van der Waals surface area contributed by atoms with Gasteiger partial charge in [-0.25, -0.2) is 18.0 Å². The molecule has 4 aromatic carbocycles. The number of carbonyl (C=O) groups excluding carboxylic acids is 1. The van der Waals surface area contributed by atoms with E-state index in [1.165, 1.54) is 23.3 Å². The van der Waals surface area contributed by atoms with Gasteiger partial charge in [0.15, 0.2) is 0 Å². The molecular weight excluding hydrogens is 600 g/mol. The van der Waals surface area contributed by atoms with Crippen LogP contribution >= 0.6 is 0 Å². The number of para-hydroxylation sites is 2. The Hall–Kier alpha value is -4.67. The van der Waals surface area contributed by atoms with E-state index < -0.39 is 15.7 Å². The van der Waals surface area contributed by atoms with E-state index in [4.69, 9.17) is 4.74 Å². The topological polar surface area (TPSA) is 93.8 Å². The third kappa shape index (κ3) is 6.63. The molecule has 0 aliphatic carbocycles. The minimum absolute atomic E-state index is 0.0295. The van der Waals surface area contributed by atoms with E-state index in [1.807, 2.05) is 36.4 Å². The maximum Gasteiger partial charge on any atom is 0.409 e. The van der Waals surface area contributed by atoms with Crippen molar-refractivity contribution in [1.82, 2.24) is 18.3 Å². The first-order chi connectivity index (χ1) is 22.3. The minimum atomic E-state index is -4.11. The van der Waals surface area contributed by atoms with Crippen molar-refractivity contribution in [2.45, 2.75) is 49.8 Å².